The zero-order valence-electron chi connectivity index (χ0n) is 21.6. The van der Waals surface area contributed by atoms with E-state index in [1.807, 2.05) is 26.0 Å². The van der Waals surface area contributed by atoms with Gasteiger partial charge in [-0.05, 0) is 104 Å². The molecule has 0 spiro atoms. The first-order valence-corrected chi connectivity index (χ1v) is 14.0. The van der Waals surface area contributed by atoms with Crippen LogP contribution in [0.1, 0.15) is 101 Å². The van der Waals surface area contributed by atoms with Gasteiger partial charge in [-0.2, -0.15) is 0 Å². The Morgan fingerprint density at radius 3 is 2.06 bits per heavy atom. The van der Waals surface area contributed by atoms with Crippen LogP contribution in [0.4, 0.5) is 0 Å². The first kappa shape index (κ1) is 23.9. The van der Waals surface area contributed by atoms with Crippen molar-refractivity contribution in [3.05, 3.63) is 35.4 Å². The molecule has 0 radical (unpaired) electrons. The van der Waals surface area contributed by atoms with Crippen molar-refractivity contribution in [2.45, 2.75) is 103 Å². The summed E-state index contributed by atoms with van der Waals surface area (Å²) in [6.45, 7) is 8.53. The molecular formula is C30H44N2O2. The summed E-state index contributed by atoms with van der Waals surface area (Å²) in [5.41, 5.74) is 2.44. The minimum atomic E-state index is -0.514. The standard InChI is InChI=1S/C30H44N2O2/c1-18(2)27(29(34)31-26-7-5-6-19(3)20(26)4)32-28(33)24-8-10-25(11-9-24)30-15-21-12-22(16-30)14-23(13-21)17-30/h8-11,18-23,26-27H,5-7,12-17H2,1-4H3,(H,31,34)(H,32,33)/t19-,20+,21?,22?,23?,26-,27+,30?/m1/s1. The van der Waals surface area contributed by atoms with Gasteiger partial charge < -0.3 is 10.6 Å². The van der Waals surface area contributed by atoms with Crippen LogP contribution in [0, 0.1) is 35.5 Å². The first-order chi connectivity index (χ1) is 16.2. The van der Waals surface area contributed by atoms with Gasteiger partial charge in [-0.25, -0.2) is 0 Å². The molecule has 5 saturated carbocycles. The van der Waals surface area contributed by atoms with E-state index < -0.39 is 6.04 Å². The summed E-state index contributed by atoms with van der Waals surface area (Å²) in [6, 6.07) is 8.08. The van der Waals surface area contributed by atoms with Crippen LogP contribution in [0.2, 0.25) is 0 Å². The van der Waals surface area contributed by atoms with E-state index in [0.29, 0.717) is 22.8 Å². The second kappa shape index (κ2) is 9.32. The third kappa shape index (κ3) is 4.54. The predicted octanol–water partition coefficient (Wildman–Crippen LogP) is 5.85. The minimum Gasteiger partial charge on any atom is -0.351 e. The van der Waals surface area contributed by atoms with Gasteiger partial charge in [0.25, 0.3) is 5.91 Å². The molecule has 2 N–H and O–H groups in total. The Balaban J connectivity index is 1.24. The lowest BCUT2D eigenvalue weighted by Crippen LogP contribution is -2.54. The van der Waals surface area contributed by atoms with Gasteiger partial charge in [-0.15, -0.1) is 0 Å². The molecule has 0 aliphatic heterocycles. The Kier molecular flexibility index (Phi) is 6.54. The Hall–Kier alpha value is -1.84. The van der Waals surface area contributed by atoms with Gasteiger partial charge in [0.15, 0.2) is 0 Å². The van der Waals surface area contributed by atoms with E-state index in [1.165, 1.54) is 50.5 Å². The quantitative estimate of drug-likeness (QED) is 0.555. The molecule has 186 valence electrons. The van der Waals surface area contributed by atoms with Crippen molar-refractivity contribution in [1.29, 1.82) is 0 Å². The van der Waals surface area contributed by atoms with Crippen LogP contribution >= 0.6 is 0 Å². The number of nitrogens with one attached hydrogen (secondary N) is 2. The maximum atomic E-state index is 13.2. The zero-order chi connectivity index (χ0) is 24.0. The van der Waals surface area contributed by atoms with Crippen LogP contribution in [-0.4, -0.2) is 23.9 Å². The summed E-state index contributed by atoms with van der Waals surface area (Å²) in [7, 11) is 0. The van der Waals surface area contributed by atoms with Crippen LogP contribution in [0.25, 0.3) is 0 Å². The molecule has 1 aromatic carbocycles. The van der Waals surface area contributed by atoms with E-state index >= 15 is 0 Å². The van der Waals surface area contributed by atoms with Gasteiger partial charge in [-0.1, -0.05) is 52.7 Å². The van der Waals surface area contributed by atoms with Crippen molar-refractivity contribution < 1.29 is 9.59 Å². The molecule has 2 amide bonds. The molecule has 4 bridgehead atoms. The van der Waals surface area contributed by atoms with Crippen molar-refractivity contribution in [3.8, 4) is 0 Å². The van der Waals surface area contributed by atoms with Crippen molar-refractivity contribution >= 4 is 11.8 Å². The Bertz CT molecular complexity index is 870. The summed E-state index contributed by atoms with van der Waals surface area (Å²) in [4.78, 5) is 26.3. The van der Waals surface area contributed by atoms with Gasteiger partial charge in [0.05, 0.1) is 0 Å². The van der Waals surface area contributed by atoms with Crippen LogP contribution in [0.3, 0.4) is 0 Å². The number of hydrogen-bond donors (Lipinski definition) is 2. The third-order valence-corrected chi connectivity index (χ3v) is 10.1. The SMILES string of the molecule is CC(C)[C@H](NC(=O)c1ccc(C23CC4CC(CC(C4)C2)C3)cc1)C(=O)N[C@@H]1CCC[C@@H](C)[C@@H]1C. The van der Waals surface area contributed by atoms with E-state index in [1.54, 1.807) is 0 Å². The van der Waals surface area contributed by atoms with E-state index in [2.05, 4.69) is 36.6 Å². The summed E-state index contributed by atoms with van der Waals surface area (Å²) >= 11 is 0. The van der Waals surface area contributed by atoms with Crippen molar-refractivity contribution in [1.82, 2.24) is 10.6 Å². The minimum absolute atomic E-state index is 0.0339. The average Bonchev–Trinajstić information content (AvgIpc) is 2.79. The van der Waals surface area contributed by atoms with E-state index in [-0.39, 0.29) is 23.8 Å². The molecule has 34 heavy (non-hydrogen) atoms. The molecule has 0 aromatic heterocycles. The molecule has 0 saturated heterocycles. The second-order valence-electron chi connectivity index (χ2n) is 12.9. The second-order valence-corrected chi connectivity index (χ2v) is 12.9. The summed E-state index contributed by atoms with van der Waals surface area (Å²) in [6.07, 6.45) is 11.7. The predicted molar refractivity (Wildman–Crippen MR) is 136 cm³/mol. The van der Waals surface area contributed by atoms with Gasteiger partial charge in [0.1, 0.15) is 6.04 Å². The van der Waals surface area contributed by atoms with Crippen molar-refractivity contribution in [2.75, 3.05) is 0 Å². The molecule has 5 aliphatic carbocycles. The Morgan fingerprint density at radius 1 is 0.912 bits per heavy atom. The Morgan fingerprint density at radius 2 is 1.50 bits per heavy atom. The normalized spacial score (nSPS) is 37.4. The molecule has 5 aliphatic rings. The van der Waals surface area contributed by atoms with E-state index in [0.717, 1.165) is 30.6 Å². The van der Waals surface area contributed by atoms with Crippen molar-refractivity contribution in [2.24, 2.45) is 35.5 Å². The molecule has 5 fully saturated rings. The number of hydrogen-bond acceptors (Lipinski definition) is 2. The highest BCUT2D eigenvalue weighted by atomic mass is 16.2. The first-order valence-electron chi connectivity index (χ1n) is 14.0. The lowest BCUT2D eigenvalue weighted by atomic mass is 9.48. The fraction of sp³-hybridized carbons (Fsp3) is 0.733. The molecule has 4 nitrogen and oxygen atoms in total. The van der Waals surface area contributed by atoms with Gasteiger partial charge in [0, 0.05) is 11.6 Å². The molecule has 0 heterocycles. The van der Waals surface area contributed by atoms with Crippen LogP contribution in [-0.2, 0) is 10.2 Å². The lowest BCUT2D eigenvalue weighted by molar-refractivity contribution is -0.125. The van der Waals surface area contributed by atoms with E-state index in [9.17, 15) is 9.59 Å². The largest absolute Gasteiger partial charge is 0.351 e. The maximum absolute atomic E-state index is 13.2. The smallest absolute Gasteiger partial charge is 0.251 e. The third-order valence-electron chi connectivity index (χ3n) is 10.1. The summed E-state index contributed by atoms with van der Waals surface area (Å²) < 4.78 is 0. The van der Waals surface area contributed by atoms with Crippen LogP contribution < -0.4 is 10.6 Å². The zero-order valence-corrected chi connectivity index (χ0v) is 21.6. The number of rotatable bonds is 6. The van der Waals surface area contributed by atoms with Gasteiger partial charge in [-0.3, -0.25) is 9.59 Å². The highest BCUT2D eigenvalue weighted by Gasteiger charge is 2.51. The van der Waals surface area contributed by atoms with Crippen LogP contribution in [0.15, 0.2) is 24.3 Å². The fourth-order valence-corrected chi connectivity index (χ4v) is 8.26. The van der Waals surface area contributed by atoms with E-state index in [4.69, 9.17) is 0 Å². The highest BCUT2D eigenvalue weighted by molar-refractivity contribution is 5.97. The number of carbonyl (C=O) groups is 2. The molecule has 6 rings (SSSR count). The number of carbonyl (C=O) groups excluding carboxylic acids is 2. The van der Waals surface area contributed by atoms with Gasteiger partial charge >= 0.3 is 0 Å². The molecule has 0 unspecified atom stereocenters. The molecule has 4 heteroatoms. The maximum Gasteiger partial charge on any atom is 0.251 e. The number of benzene rings is 1. The lowest BCUT2D eigenvalue weighted by Gasteiger charge is -2.57. The monoisotopic (exact) mass is 464 g/mol. The Labute approximate surface area is 206 Å². The summed E-state index contributed by atoms with van der Waals surface area (Å²) in [5.74, 6) is 3.68. The highest BCUT2D eigenvalue weighted by Crippen LogP contribution is 2.60. The molecule has 4 atom stereocenters. The molecule has 1 aromatic rings. The summed E-state index contributed by atoms with van der Waals surface area (Å²) in [5, 5.41) is 6.32. The average molecular weight is 465 g/mol. The fourth-order valence-electron chi connectivity index (χ4n) is 8.26. The van der Waals surface area contributed by atoms with Crippen LogP contribution in [0.5, 0.6) is 0 Å². The number of amides is 2. The van der Waals surface area contributed by atoms with Gasteiger partial charge in [0.2, 0.25) is 5.91 Å². The molecular weight excluding hydrogens is 420 g/mol. The topological polar surface area (TPSA) is 58.2 Å². The van der Waals surface area contributed by atoms with Crippen molar-refractivity contribution in [3.63, 3.8) is 0 Å².